The van der Waals surface area contributed by atoms with E-state index in [2.05, 4.69) is 9.47 Å². The molecule has 27 heavy (non-hydrogen) atoms. The van der Waals surface area contributed by atoms with Crippen LogP contribution in [0.3, 0.4) is 0 Å². The van der Waals surface area contributed by atoms with Crippen LogP contribution in [0.4, 0.5) is 32.0 Å². The van der Waals surface area contributed by atoms with Crippen molar-refractivity contribution in [2.45, 2.75) is 18.0 Å². The molecule has 0 heterocycles. The number of nitrogens with one attached hydrogen (secondary N) is 1. The van der Waals surface area contributed by atoms with Crippen LogP contribution in [-0.4, -0.2) is 49.7 Å². The highest BCUT2D eigenvalue weighted by Crippen LogP contribution is 2.35. The minimum absolute atomic E-state index is 0.111. The predicted molar refractivity (Wildman–Crippen MR) is 78.5 cm³/mol. The van der Waals surface area contributed by atoms with Gasteiger partial charge in [0.25, 0.3) is 11.5 Å². The minimum Gasteiger partial charge on any atom is -0.382 e. The van der Waals surface area contributed by atoms with E-state index in [0.717, 1.165) is 6.07 Å². The summed E-state index contributed by atoms with van der Waals surface area (Å²) in [5.74, 6) is -2.04. The first kappa shape index (κ1) is 22.7. The van der Waals surface area contributed by atoms with Crippen molar-refractivity contribution in [2.24, 2.45) is 0 Å². The van der Waals surface area contributed by atoms with Crippen molar-refractivity contribution in [1.29, 1.82) is 5.26 Å². The SMILES string of the molecule is COCCOCC(O)(C(=O)Nc1ccc(C#N)c(C(F)(F)F)c1)C(F)(F)F. The quantitative estimate of drug-likeness (QED) is 0.542. The van der Waals surface area contributed by atoms with E-state index >= 15 is 0 Å². The van der Waals surface area contributed by atoms with Gasteiger partial charge in [-0.3, -0.25) is 4.79 Å². The Morgan fingerprint density at radius 3 is 2.33 bits per heavy atom. The number of ether oxygens (including phenoxy) is 2. The number of alkyl halides is 6. The molecule has 0 aliphatic rings. The lowest BCUT2D eigenvalue weighted by molar-refractivity contribution is -0.262. The van der Waals surface area contributed by atoms with Gasteiger partial charge in [0.05, 0.1) is 37.0 Å². The second-order valence-corrected chi connectivity index (χ2v) is 5.23. The zero-order valence-corrected chi connectivity index (χ0v) is 13.7. The number of carbonyl (C=O) groups excluding carboxylic acids is 1. The van der Waals surface area contributed by atoms with Gasteiger partial charge in [-0.25, -0.2) is 0 Å². The first-order valence-electron chi connectivity index (χ1n) is 7.15. The average molecular weight is 400 g/mol. The number of nitrogens with zero attached hydrogens (tertiary/aromatic N) is 1. The van der Waals surface area contributed by atoms with Crippen LogP contribution in [-0.2, 0) is 20.4 Å². The van der Waals surface area contributed by atoms with Crippen molar-refractivity contribution in [3.63, 3.8) is 0 Å². The highest BCUT2D eigenvalue weighted by atomic mass is 19.4. The van der Waals surface area contributed by atoms with Crippen LogP contribution in [0.1, 0.15) is 11.1 Å². The summed E-state index contributed by atoms with van der Waals surface area (Å²) < 4.78 is 87.1. The number of benzene rings is 1. The van der Waals surface area contributed by atoms with Gasteiger partial charge in [-0.2, -0.15) is 31.6 Å². The molecule has 1 aromatic rings. The molecule has 1 unspecified atom stereocenters. The van der Waals surface area contributed by atoms with Crippen LogP contribution in [0.5, 0.6) is 0 Å². The Kier molecular flexibility index (Phi) is 7.18. The molecule has 0 saturated heterocycles. The van der Waals surface area contributed by atoms with E-state index in [4.69, 9.17) is 5.26 Å². The molecule has 0 radical (unpaired) electrons. The fraction of sp³-hybridized carbons (Fsp3) is 0.467. The predicted octanol–water partition coefficient (Wildman–Crippen LogP) is 2.47. The van der Waals surface area contributed by atoms with Gasteiger partial charge in [-0.1, -0.05) is 0 Å². The molecule has 1 aromatic carbocycles. The number of anilines is 1. The molecular formula is C15H14F6N2O4. The maximum absolute atomic E-state index is 13.1. The molecule has 6 nitrogen and oxygen atoms in total. The third kappa shape index (κ3) is 5.56. The number of hydrogen-bond acceptors (Lipinski definition) is 5. The van der Waals surface area contributed by atoms with E-state index in [1.54, 1.807) is 5.32 Å². The number of amides is 1. The summed E-state index contributed by atoms with van der Waals surface area (Å²) in [6.07, 6.45) is -10.4. The summed E-state index contributed by atoms with van der Waals surface area (Å²) >= 11 is 0. The monoisotopic (exact) mass is 400 g/mol. The minimum atomic E-state index is -5.47. The number of aliphatic hydroxyl groups is 1. The molecule has 0 fully saturated rings. The zero-order chi connectivity index (χ0) is 20.9. The average Bonchev–Trinajstić information content (AvgIpc) is 2.56. The van der Waals surface area contributed by atoms with E-state index in [9.17, 15) is 36.2 Å². The standard InChI is InChI=1S/C15H14F6N2O4/c1-26-4-5-27-8-13(25,15(19,20)21)12(24)23-10-3-2-9(7-22)11(6-10)14(16,17)18/h2-3,6,25H,4-5,8H2,1H3,(H,23,24). The fourth-order valence-electron chi connectivity index (χ4n) is 1.83. The number of carbonyl (C=O) groups is 1. The molecule has 1 atom stereocenters. The number of hydrogen-bond donors (Lipinski definition) is 2. The van der Waals surface area contributed by atoms with Crippen LogP contribution in [0.15, 0.2) is 18.2 Å². The van der Waals surface area contributed by atoms with Gasteiger partial charge in [0.2, 0.25) is 0 Å². The number of rotatable bonds is 7. The van der Waals surface area contributed by atoms with Crippen LogP contribution in [0.25, 0.3) is 0 Å². The van der Waals surface area contributed by atoms with Gasteiger partial charge in [-0.15, -0.1) is 0 Å². The Morgan fingerprint density at radius 1 is 1.22 bits per heavy atom. The largest absolute Gasteiger partial charge is 0.428 e. The zero-order valence-electron chi connectivity index (χ0n) is 13.7. The molecule has 0 aliphatic heterocycles. The molecule has 12 heteroatoms. The van der Waals surface area contributed by atoms with E-state index in [1.807, 2.05) is 0 Å². The van der Waals surface area contributed by atoms with Gasteiger partial charge < -0.3 is 19.9 Å². The van der Waals surface area contributed by atoms with Crippen molar-refractivity contribution in [3.8, 4) is 6.07 Å². The molecule has 0 aromatic heterocycles. The van der Waals surface area contributed by atoms with Gasteiger partial charge in [0.15, 0.2) is 0 Å². The summed E-state index contributed by atoms with van der Waals surface area (Å²) in [7, 11) is 1.25. The second-order valence-electron chi connectivity index (χ2n) is 5.23. The molecule has 0 spiro atoms. The molecular weight excluding hydrogens is 386 g/mol. The third-order valence-electron chi connectivity index (χ3n) is 3.29. The Labute approximate surface area is 149 Å². The van der Waals surface area contributed by atoms with Crippen molar-refractivity contribution in [3.05, 3.63) is 29.3 Å². The van der Waals surface area contributed by atoms with Gasteiger partial charge in [0, 0.05) is 12.8 Å². The lowest BCUT2D eigenvalue weighted by Gasteiger charge is -2.29. The van der Waals surface area contributed by atoms with Crippen LogP contribution in [0, 0.1) is 11.3 Å². The number of halogens is 6. The van der Waals surface area contributed by atoms with E-state index in [1.165, 1.54) is 13.2 Å². The smallest absolute Gasteiger partial charge is 0.382 e. The lowest BCUT2D eigenvalue weighted by atomic mass is 10.0. The Balaban J connectivity index is 3.10. The summed E-state index contributed by atoms with van der Waals surface area (Å²) in [5.41, 5.74) is -6.93. The van der Waals surface area contributed by atoms with Crippen LogP contribution >= 0.6 is 0 Å². The normalized spacial score (nSPS) is 14.3. The van der Waals surface area contributed by atoms with Crippen molar-refractivity contribution < 1.29 is 45.7 Å². The van der Waals surface area contributed by atoms with Gasteiger partial charge in [-0.05, 0) is 18.2 Å². The maximum atomic E-state index is 13.1. The first-order chi connectivity index (χ1) is 12.4. The molecule has 2 N–H and O–H groups in total. The highest BCUT2D eigenvalue weighted by molar-refractivity contribution is 5.98. The molecule has 1 amide bonds. The van der Waals surface area contributed by atoms with E-state index in [-0.39, 0.29) is 13.2 Å². The van der Waals surface area contributed by atoms with Crippen molar-refractivity contribution >= 4 is 11.6 Å². The van der Waals surface area contributed by atoms with E-state index < -0.39 is 47.3 Å². The Bertz CT molecular complexity index is 714. The second kappa shape index (κ2) is 8.55. The lowest BCUT2D eigenvalue weighted by Crippen LogP contribution is -2.58. The van der Waals surface area contributed by atoms with Crippen LogP contribution < -0.4 is 5.32 Å². The summed E-state index contributed by atoms with van der Waals surface area (Å²) in [6, 6.07) is 3.05. The van der Waals surface area contributed by atoms with Crippen molar-refractivity contribution in [1.82, 2.24) is 0 Å². The van der Waals surface area contributed by atoms with Crippen molar-refractivity contribution in [2.75, 3.05) is 32.2 Å². The van der Waals surface area contributed by atoms with Crippen LogP contribution in [0.2, 0.25) is 0 Å². The topological polar surface area (TPSA) is 91.6 Å². The fourth-order valence-corrected chi connectivity index (χ4v) is 1.83. The summed E-state index contributed by atoms with van der Waals surface area (Å²) in [5, 5.41) is 20.0. The Morgan fingerprint density at radius 2 is 1.85 bits per heavy atom. The Hall–Kier alpha value is -2.36. The van der Waals surface area contributed by atoms with Gasteiger partial charge >= 0.3 is 12.4 Å². The summed E-state index contributed by atoms with van der Waals surface area (Å²) in [4.78, 5) is 11.9. The maximum Gasteiger partial charge on any atom is 0.428 e. The van der Waals surface area contributed by atoms with E-state index in [0.29, 0.717) is 12.1 Å². The third-order valence-corrected chi connectivity index (χ3v) is 3.29. The number of methoxy groups -OCH3 is 1. The summed E-state index contributed by atoms with van der Waals surface area (Å²) in [6.45, 7) is -1.97. The van der Waals surface area contributed by atoms with Gasteiger partial charge in [0.1, 0.15) is 0 Å². The molecule has 1 rings (SSSR count). The highest BCUT2D eigenvalue weighted by Gasteiger charge is 2.60. The molecule has 0 bridgehead atoms. The number of nitriles is 1. The molecule has 0 aliphatic carbocycles. The molecule has 0 saturated carbocycles. The first-order valence-corrected chi connectivity index (χ1v) is 7.15. The molecule has 150 valence electrons.